The van der Waals surface area contributed by atoms with E-state index >= 15 is 0 Å². The van der Waals surface area contributed by atoms with Crippen LogP contribution in [-0.4, -0.2) is 31.1 Å². The Bertz CT molecular complexity index is 799. The first-order valence-corrected chi connectivity index (χ1v) is 7.22. The van der Waals surface area contributed by atoms with E-state index in [-0.39, 0.29) is 35.3 Å². The largest absolute Gasteiger partial charge is 0.497 e. The van der Waals surface area contributed by atoms with Gasteiger partial charge < -0.3 is 25.6 Å². The third-order valence-corrected chi connectivity index (χ3v) is 3.56. The fraction of sp³-hybridized carbons (Fsp3) is 0.176. The van der Waals surface area contributed by atoms with Crippen molar-refractivity contribution < 1.29 is 23.8 Å². The standard InChI is InChI=1S/C17H18FN3O4.ClH/c1-24-11-7-12(14(18)13(8-11)25-2)15(17(22)23)21-10-5-3-9(4-6-10)16(19)20;/h3-8,15,21H,1-2H3,(H3,19,20)(H,22,23);1H. The van der Waals surface area contributed by atoms with E-state index in [1.165, 1.54) is 26.4 Å². The highest BCUT2D eigenvalue weighted by Crippen LogP contribution is 2.32. The normalized spacial score (nSPS) is 11.0. The Labute approximate surface area is 155 Å². The maximum Gasteiger partial charge on any atom is 0.330 e. The molecule has 9 heteroatoms. The Morgan fingerprint density at radius 1 is 1.23 bits per heavy atom. The molecule has 2 aromatic carbocycles. The molecule has 0 bridgehead atoms. The molecular weight excluding hydrogens is 365 g/mol. The van der Waals surface area contributed by atoms with Crippen LogP contribution in [-0.2, 0) is 4.79 Å². The van der Waals surface area contributed by atoms with Crippen molar-refractivity contribution in [2.24, 2.45) is 5.73 Å². The molecule has 0 aliphatic carbocycles. The molecule has 26 heavy (non-hydrogen) atoms. The quantitative estimate of drug-likeness (QED) is 0.431. The smallest absolute Gasteiger partial charge is 0.330 e. The predicted octanol–water partition coefficient (Wildman–Crippen LogP) is 2.79. The summed E-state index contributed by atoms with van der Waals surface area (Å²) in [6.45, 7) is 0. The Balaban J connectivity index is 0.00000338. The lowest BCUT2D eigenvalue weighted by Crippen LogP contribution is -2.22. The number of benzene rings is 2. The fourth-order valence-electron chi connectivity index (χ4n) is 2.25. The molecule has 0 aliphatic heterocycles. The number of carbonyl (C=O) groups is 1. The molecule has 2 aromatic rings. The first-order valence-electron chi connectivity index (χ1n) is 7.22. The molecule has 1 unspecified atom stereocenters. The Morgan fingerprint density at radius 2 is 1.85 bits per heavy atom. The number of hydrogen-bond acceptors (Lipinski definition) is 5. The third-order valence-electron chi connectivity index (χ3n) is 3.56. The number of nitrogens with two attached hydrogens (primary N) is 1. The maximum absolute atomic E-state index is 14.5. The van der Waals surface area contributed by atoms with E-state index in [4.69, 9.17) is 20.6 Å². The van der Waals surface area contributed by atoms with Crippen molar-refractivity contribution in [3.05, 3.63) is 53.3 Å². The molecule has 2 rings (SSSR count). The number of nitrogen functional groups attached to an aromatic ring is 1. The molecule has 0 aromatic heterocycles. The summed E-state index contributed by atoms with van der Waals surface area (Å²) in [5.41, 5.74) is 6.18. The van der Waals surface area contributed by atoms with Crippen LogP contribution in [0.2, 0.25) is 0 Å². The predicted molar refractivity (Wildman–Crippen MR) is 98.2 cm³/mol. The molecular formula is C17H19ClFN3O4. The van der Waals surface area contributed by atoms with Gasteiger partial charge in [-0.1, -0.05) is 0 Å². The van der Waals surface area contributed by atoms with Crippen LogP contribution in [0, 0.1) is 11.2 Å². The second-order valence-corrected chi connectivity index (χ2v) is 5.14. The number of nitrogens with one attached hydrogen (secondary N) is 2. The molecule has 0 aliphatic rings. The van der Waals surface area contributed by atoms with Gasteiger partial charge in [-0.3, -0.25) is 5.41 Å². The van der Waals surface area contributed by atoms with Gasteiger partial charge in [0.1, 0.15) is 11.6 Å². The number of rotatable bonds is 7. The number of halogens is 2. The first kappa shape index (κ1) is 21.0. The van der Waals surface area contributed by atoms with E-state index in [9.17, 15) is 14.3 Å². The van der Waals surface area contributed by atoms with Gasteiger partial charge in [-0.2, -0.15) is 0 Å². The Hall–Kier alpha value is -3.00. The summed E-state index contributed by atoms with van der Waals surface area (Å²) in [4.78, 5) is 11.7. The van der Waals surface area contributed by atoms with Gasteiger partial charge in [-0.05, 0) is 30.3 Å². The van der Waals surface area contributed by atoms with Gasteiger partial charge >= 0.3 is 5.97 Å². The second-order valence-electron chi connectivity index (χ2n) is 5.14. The zero-order valence-corrected chi connectivity index (χ0v) is 14.9. The van der Waals surface area contributed by atoms with Gasteiger partial charge in [0.25, 0.3) is 0 Å². The molecule has 0 heterocycles. The van der Waals surface area contributed by atoms with Crippen molar-refractivity contribution in [2.75, 3.05) is 19.5 Å². The molecule has 0 saturated carbocycles. The highest BCUT2D eigenvalue weighted by molar-refractivity contribution is 5.95. The molecule has 0 saturated heterocycles. The van der Waals surface area contributed by atoms with E-state index < -0.39 is 17.8 Å². The topological polar surface area (TPSA) is 118 Å². The number of hydrogen-bond donors (Lipinski definition) is 4. The summed E-state index contributed by atoms with van der Waals surface area (Å²) < 4.78 is 24.6. The lowest BCUT2D eigenvalue weighted by molar-refractivity contribution is -0.138. The fourth-order valence-corrected chi connectivity index (χ4v) is 2.25. The number of ether oxygens (including phenoxy) is 2. The Kier molecular flexibility index (Phi) is 7.21. The van der Waals surface area contributed by atoms with Crippen molar-refractivity contribution in [1.29, 1.82) is 5.41 Å². The van der Waals surface area contributed by atoms with Crippen LogP contribution in [0.25, 0.3) is 0 Å². The Morgan fingerprint density at radius 3 is 2.31 bits per heavy atom. The molecule has 5 N–H and O–H groups in total. The number of carboxylic acids is 1. The molecule has 1 atom stereocenters. The summed E-state index contributed by atoms with van der Waals surface area (Å²) in [5.74, 6) is -2.01. The molecule has 0 spiro atoms. The van der Waals surface area contributed by atoms with Gasteiger partial charge in [0.05, 0.1) is 14.2 Å². The SMILES string of the molecule is COc1cc(OC)c(F)c(C(Nc2ccc(C(=N)N)cc2)C(=O)O)c1.Cl. The lowest BCUT2D eigenvalue weighted by atomic mass is 10.0. The van der Waals surface area contributed by atoms with Gasteiger partial charge in [-0.25, -0.2) is 9.18 Å². The molecule has 7 nitrogen and oxygen atoms in total. The molecule has 0 radical (unpaired) electrons. The van der Waals surface area contributed by atoms with E-state index in [1.807, 2.05) is 0 Å². The number of methoxy groups -OCH3 is 2. The second kappa shape index (κ2) is 8.91. The van der Waals surface area contributed by atoms with Gasteiger partial charge in [0.15, 0.2) is 17.6 Å². The minimum Gasteiger partial charge on any atom is -0.497 e. The minimum absolute atomic E-state index is 0. The average molecular weight is 384 g/mol. The van der Waals surface area contributed by atoms with Crippen LogP contribution < -0.4 is 20.5 Å². The molecule has 140 valence electrons. The van der Waals surface area contributed by atoms with Crippen LogP contribution in [0.4, 0.5) is 10.1 Å². The van der Waals surface area contributed by atoms with Crippen molar-refractivity contribution in [2.45, 2.75) is 6.04 Å². The summed E-state index contributed by atoms with van der Waals surface area (Å²) in [7, 11) is 2.67. The molecule has 0 amide bonds. The van der Waals surface area contributed by atoms with Crippen molar-refractivity contribution >= 4 is 29.9 Å². The van der Waals surface area contributed by atoms with Crippen LogP contribution in [0.5, 0.6) is 11.5 Å². The maximum atomic E-state index is 14.5. The van der Waals surface area contributed by atoms with Gasteiger partial charge in [-0.15, -0.1) is 12.4 Å². The van der Waals surface area contributed by atoms with Crippen LogP contribution in [0.1, 0.15) is 17.2 Å². The van der Waals surface area contributed by atoms with Crippen molar-refractivity contribution in [3.8, 4) is 11.5 Å². The first-order chi connectivity index (χ1) is 11.9. The number of anilines is 1. The zero-order valence-electron chi connectivity index (χ0n) is 14.1. The summed E-state index contributed by atoms with van der Waals surface area (Å²) in [6.07, 6.45) is 0. The highest BCUT2D eigenvalue weighted by Gasteiger charge is 2.26. The summed E-state index contributed by atoms with van der Waals surface area (Å²) in [6, 6.07) is 7.50. The third kappa shape index (κ3) is 4.54. The molecule has 0 fully saturated rings. The van der Waals surface area contributed by atoms with E-state index in [1.54, 1.807) is 24.3 Å². The van der Waals surface area contributed by atoms with Crippen LogP contribution >= 0.6 is 12.4 Å². The van der Waals surface area contributed by atoms with Crippen LogP contribution in [0.3, 0.4) is 0 Å². The minimum atomic E-state index is -1.37. The lowest BCUT2D eigenvalue weighted by Gasteiger charge is -2.19. The summed E-state index contributed by atoms with van der Waals surface area (Å²) in [5, 5.41) is 19.6. The monoisotopic (exact) mass is 383 g/mol. The van der Waals surface area contributed by atoms with Crippen molar-refractivity contribution in [1.82, 2.24) is 0 Å². The van der Waals surface area contributed by atoms with Crippen LogP contribution in [0.15, 0.2) is 36.4 Å². The zero-order chi connectivity index (χ0) is 18.6. The number of amidine groups is 1. The highest BCUT2D eigenvalue weighted by atomic mass is 35.5. The van der Waals surface area contributed by atoms with Crippen molar-refractivity contribution in [3.63, 3.8) is 0 Å². The average Bonchev–Trinajstić information content (AvgIpc) is 2.60. The van der Waals surface area contributed by atoms with E-state index in [0.717, 1.165) is 0 Å². The van der Waals surface area contributed by atoms with Gasteiger partial charge in [0, 0.05) is 22.9 Å². The number of aliphatic carboxylic acids is 1. The van der Waals surface area contributed by atoms with E-state index in [2.05, 4.69) is 5.32 Å². The number of carboxylic acid groups (broad SMARTS) is 1. The summed E-state index contributed by atoms with van der Waals surface area (Å²) >= 11 is 0. The van der Waals surface area contributed by atoms with Gasteiger partial charge in [0.2, 0.25) is 0 Å². The van der Waals surface area contributed by atoms with E-state index in [0.29, 0.717) is 11.3 Å².